The summed E-state index contributed by atoms with van der Waals surface area (Å²) in [5.74, 6) is 0.188. The van der Waals surface area contributed by atoms with Gasteiger partial charge in [0.15, 0.2) is 0 Å². The summed E-state index contributed by atoms with van der Waals surface area (Å²) in [7, 11) is 1.60. The summed E-state index contributed by atoms with van der Waals surface area (Å²) in [6, 6.07) is 24.0. The predicted octanol–water partition coefficient (Wildman–Crippen LogP) is 2.93. The van der Waals surface area contributed by atoms with Crippen LogP contribution in [0.15, 0.2) is 78.9 Å². The number of carbonyl (C=O) groups excluding carboxylic acids is 2. The molecule has 3 N–H and O–H groups in total. The van der Waals surface area contributed by atoms with Crippen molar-refractivity contribution in [2.75, 3.05) is 79.6 Å². The lowest BCUT2D eigenvalue weighted by Gasteiger charge is -2.33. The number of carbonyl (C=O) groups is 2. The van der Waals surface area contributed by atoms with Crippen LogP contribution >= 0.6 is 0 Å². The zero-order valence-corrected chi connectivity index (χ0v) is 30.8. The van der Waals surface area contributed by atoms with Gasteiger partial charge in [-0.3, -0.25) is 14.5 Å². The van der Waals surface area contributed by atoms with Crippen molar-refractivity contribution in [3.8, 4) is 5.75 Å². The first-order chi connectivity index (χ1) is 25.9. The molecule has 53 heavy (non-hydrogen) atoms. The number of fused-ring (bicyclic) bond motifs is 1. The van der Waals surface area contributed by atoms with Crippen LogP contribution in [0.3, 0.4) is 0 Å². The fraction of sp³-hybridized carbons (Fsp3) is 0.512. The van der Waals surface area contributed by atoms with E-state index in [1.807, 2.05) is 78.9 Å². The van der Waals surface area contributed by atoms with Crippen molar-refractivity contribution < 1.29 is 43.5 Å². The molecule has 4 atom stereocenters. The molecule has 12 nitrogen and oxygen atoms in total. The average Bonchev–Trinajstić information content (AvgIpc) is 3.51. The van der Waals surface area contributed by atoms with E-state index in [1.165, 1.54) is 0 Å². The van der Waals surface area contributed by atoms with E-state index in [9.17, 15) is 19.8 Å². The van der Waals surface area contributed by atoms with Gasteiger partial charge in [0.2, 0.25) is 11.8 Å². The monoisotopic (exact) mass is 733 g/mol. The van der Waals surface area contributed by atoms with Crippen molar-refractivity contribution >= 4 is 11.8 Å². The van der Waals surface area contributed by atoms with Gasteiger partial charge in [0.1, 0.15) is 19.0 Å². The van der Waals surface area contributed by atoms with Crippen LogP contribution in [0.4, 0.5) is 0 Å². The second-order valence-corrected chi connectivity index (χ2v) is 13.5. The van der Waals surface area contributed by atoms with Crippen LogP contribution < -0.4 is 10.1 Å². The number of amides is 2. The Labute approximate surface area is 312 Å². The van der Waals surface area contributed by atoms with Gasteiger partial charge in [-0.15, -0.1) is 0 Å². The molecule has 0 unspecified atom stereocenters. The third kappa shape index (κ3) is 12.9. The van der Waals surface area contributed by atoms with Crippen LogP contribution in [0.5, 0.6) is 5.75 Å². The normalized spacial score (nSPS) is 18.2. The first-order valence-electron chi connectivity index (χ1n) is 18.6. The topological polar surface area (TPSA) is 139 Å². The van der Waals surface area contributed by atoms with Crippen LogP contribution in [0.25, 0.3) is 0 Å². The van der Waals surface area contributed by atoms with Gasteiger partial charge in [-0.2, -0.15) is 0 Å². The number of hydrogen-bond donors (Lipinski definition) is 3. The number of hydrogen-bond acceptors (Lipinski definition) is 10. The van der Waals surface area contributed by atoms with E-state index >= 15 is 0 Å². The Bertz CT molecular complexity index is 1520. The van der Waals surface area contributed by atoms with E-state index in [4.69, 9.17) is 23.7 Å². The summed E-state index contributed by atoms with van der Waals surface area (Å²) >= 11 is 0. The number of ether oxygens (including phenoxy) is 5. The lowest BCUT2D eigenvalue weighted by atomic mass is 9.97. The summed E-state index contributed by atoms with van der Waals surface area (Å²) in [4.78, 5) is 31.1. The molecule has 0 spiro atoms. The molecule has 1 aliphatic heterocycles. The lowest BCUT2D eigenvalue weighted by molar-refractivity contribution is -0.137. The van der Waals surface area contributed by atoms with E-state index in [-0.39, 0.29) is 44.4 Å². The molecule has 288 valence electrons. The molecule has 0 aromatic heterocycles. The van der Waals surface area contributed by atoms with E-state index in [0.717, 1.165) is 60.9 Å². The highest BCUT2D eigenvalue weighted by Crippen LogP contribution is 2.37. The minimum atomic E-state index is -1.02. The molecule has 1 heterocycles. The smallest absolute Gasteiger partial charge is 0.246 e. The third-order valence-electron chi connectivity index (χ3n) is 9.68. The summed E-state index contributed by atoms with van der Waals surface area (Å²) in [6.07, 6.45) is -0.818. The Kier molecular flexibility index (Phi) is 16.5. The second kappa shape index (κ2) is 21.7. The second-order valence-electron chi connectivity index (χ2n) is 13.5. The first-order valence-corrected chi connectivity index (χ1v) is 18.6. The van der Waals surface area contributed by atoms with Crippen molar-refractivity contribution in [3.63, 3.8) is 0 Å². The Morgan fingerprint density at radius 1 is 0.906 bits per heavy atom. The molecule has 0 radical (unpaired) electrons. The zero-order valence-electron chi connectivity index (χ0n) is 30.8. The number of aliphatic hydroxyl groups excluding tert-OH is 2. The first kappa shape index (κ1) is 40.3. The highest BCUT2D eigenvalue weighted by molar-refractivity contribution is 5.78. The molecule has 1 aliphatic carbocycles. The Balaban J connectivity index is 1.22. The number of methoxy groups -OCH3 is 1. The van der Waals surface area contributed by atoms with Gasteiger partial charge in [-0.05, 0) is 47.2 Å². The van der Waals surface area contributed by atoms with E-state index in [1.54, 1.807) is 12.0 Å². The molecule has 0 bridgehead atoms. The van der Waals surface area contributed by atoms with E-state index in [0.29, 0.717) is 39.3 Å². The molecule has 2 amide bonds. The number of aliphatic hydroxyl groups is 2. The van der Waals surface area contributed by atoms with Crippen molar-refractivity contribution in [2.45, 2.75) is 56.5 Å². The summed E-state index contributed by atoms with van der Waals surface area (Å²) in [5.41, 5.74) is 3.78. The van der Waals surface area contributed by atoms with Gasteiger partial charge in [0.25, 0.3) is 0 Å². The quantitative estimate of drug-likeness (QED) is 0.132. The standard InChI is InChI=1S/C41H55N3O9/c1-49-23-24-51-25-26-52-30-39(47)42-36(27-31-7-3-2-4-8-31)37(45)15-16-40(48)44(41-35-10-6-5-9-33(35)28-38(41)46)29-32-11-13-34(14-12-32)53-22-19-43-17-20-50-21-18-43/h2-14,36-38,41,45-46H,15-30H2,1H3,(H,42,47)/t36-,37-,38+,41-/m0/s1. The largest absolute Gasteiger partial charge is 0.492 e. The van der Waals surface area contributed by atoms with Gasteiger partial charge < -0.3 is 44.1 Å². The van der Waals surface area contributed by atoms with Crippen LogP contribution in [0.2, 0.25) is 0 Å². The van der Waals surface area contributed by atoms with Crippen molar-refractivity contribution in [2.24, 2.45) is 0 Å². The molecule has 1 fully saturated rings. The van der Waals surface area contributed by atoms with E-state index in [2.05, 4.69) is 10.2 Å². The van der Waals surface area contributed by atoms with Gasteiger partial charge in [-0.25, -0.2) is 0 Å². The van der Waals surface area contributed by atoms with Crippen molar-refractivity contribution in [1.29, 1.82) is 0 Å². The highest BCUT2D eigenvalue weighted by Gasteiger charge is 2.38. The van der Waals surface area contributed by atoms with Crippen LogP contribution in [-0.4, -0.2) is 130 Å². The van der Waals surface area contributed by atoms with Gasteiger partial charge in [0.05, 0.1) is 63.9 Å². The molecule has 3 aromatic rings. The van der Waals surface area contributed by atoms with Crippen molar-refractivity contribution in [1.82, 2.24) is 15.1 Å². The molecule has 12 heteroatoms. The lowest BCUT2D eigenvalue weighted by Crippen LogP contribution is -2.47. The van der Waals surface area contributed by atoms with Gasteiger partial charge in [-0.1, -0.05) is 66.7 Å². The minimum Gasteiger partial charge on any atom is -0.492 e. The van der Waals surface area contributed by atoms with Gasteiger partial charge in [0, 0.05) is 46.1 Å². The molecular weight excluding hydrogens is 678 g/mol. The Hall–Kier alpha value is -3.88. The third-order valence-corrected chi connectivity index (χ3v) is 9.68. The molecule has 1 saturated heterocycles. The maximum atomic E-state index is 14.2. The summed E-state index contributed by atoms with van der Waals surface area (Å²) in [6.45, 7) is 6.29. The average molecular weight is 734 g/mol. The van der Waals surface area contributed by atoms with E-state index < -0.39 is 24.3 Å². The minimum absolute atomic E-state index is 0.0196. The van der Waals surface area contributed by atoms with Crippen LogP contribution in [0.1, 0.15) is 41.1 Å². The SMILES string of the molecule is COCCOCCOCC(=O)N[C@@H](Cc1ccccc1)[C@@H](O)CCC(=O)N(Cc1ccc(OCCN2CCOCC2)cc1)[C@H]1c2ccccc2C[C@H]1O. The fourth-order valence-electron chi connectivity index (χ4n) is 6.82. The Morgan fingerprint density at radius 2 is 1.62 bits per heavy atom. The van der Waals surface area contributed by atoms with Gasteiger partial charge >= 0.3 is 0 Å². The molecule has 0 saturated carbocycles. The summed E-state index contributed by atoms with van der Waals surface area (Å²) in [5, 5.41) is 25.7. The molecule has 2 aliphatic rings. The molecule has 3 aromatic carbocycles. The number of benzene rings is 3. The molecule has 5 rings (SSSR count). The molecular formula is C41H55N3O9. The summed E-state index contributed by atoms with van der Waals surface area (Å²) < 4.78 is 27.2. The zero-order chi connectivity index (χ0) is 37.3. The fourth-order valence-corrected chi connectivity index (χ4v) is 6.82. The van der Waals surface area contributed by atoms with Crippen LogP contribution in [0, 0.1) is 0 Å². The van der Waals surface area contributed by atoms with Crippen molar-refractivity contribution in [3.05, 3.63) is 101 Å². The number of morpholine rings is 1. The Morgan fingerprint density at radius 3 is 2.40 bits per heavy atom. The highest BCUT2D eigenvalue weighted by atomic mass is 16.5. The number of nitrogens with one attached hydrogen (secondary N) is 1. The predicted molar refractivity (Wildman–Crippen MR) is 199 cm³/mol. The number of rotatable bonds is 22. The maximum Gasteiger partial charge on any atom is 0.246 e. The number of nitrogens with zero attached hydrogens (tertiary/aromatic N) is 2. The van der Waals surface area contributed by atoms with Crippen LogP contribution in [-0.2, 0) is 47.9 Å². The maximum absolute atomic E-state index is 14.2.